The van der Waals surface area contributed by atoms with Gasteiger partial charge in [-0.2, -0.15) is 0 Å². The molecule has 1 unspecified atom stereocenters. The van der Waals surface area contributed by atoms with Crippen molar-refractivity contribution in [3.63, 3.8) is 0 Å². The molecule has 0 aromatic heterocycles. The normalized spacial score (nSPS) is 12.1. The average molecular weight is 250 g/mol. The number of aliphatic hydroxyl groups excluding tert-OH is 1. The second-order valence-corrected chi connectivity index (χ2v) is 4.51. The maximum absolute atomic E-state index is 12.2. The zero-order chi connectivity index (χ0) is 13.7. The number of carbonyl (C=O) groups is 1. The largest absolute Gasteiger partial charge is 0.394 e. The van der Waals surface area contributed by atoms with E-state index in [2.05, 4.69) is 5.32 Å². The van der Waals surface area contributed by atoms with Crippen LogP contribution in [0.3, 0.4) is 0 Å². The third-order valence-electron chi connectivity index (χ3n) is 3.09. The van der Waals surface area contributed by atoms with E-state index in [4.69, 9.17) is 5.11 Å². The summed E-state index contributed by atoms with van der Waals surface area (Å²) in [4.78, 5) is 13.7. The summed E-state index contributed by atoms with van der Waals surface area (Å²) >= 11 is 0. The van der Waals surface area contributed by atoms with Crippen molar-refractivity contribution in [2.24, 2.45) is 0 Å². The van der Waals surface area contributed by atoms with Crippen LogP contribution in [0.4, 0.5) is 5.69 Å². The number of aryl methyl sites for hydroxylation is 1. The molecule has 0 fully saturated rings. The fraction of sp³-hybridized carbons (Fsp3) is 0.500. The first-order valence-electron chi connectivity index (χ1n) is 6.23. The molecule has 1 atom stereocenters. The summed E-state index contributed by atoms with van der Waals surface area (Å²) in [5.74, 6) is -0.0669. The van der Waals surface area contributed by atoms with E-state index in [0.717, 1.165) is 17.8 Å². The highest BCUT2D eigenvalue weighted by molar-refractivity contribution is 5.95. The molecule has 0 bridgehead atoms. The number of hydrogen-bond acceptors (Lipinski definition) is 3. The second-order valence-electron chi connectivity index (χ2n) is 4.51. The average Bonchev–Trinajstić information content (AvgIpc) is 2.38. The van der Waals surface area contributed by atoms with Crippen LogP contribution < -0.4 is 5.32 Å². The van der Waals surface area contributed by atoms with Crippen LogP contribution in [0.2, 0.25) is 0 Å². The first kappa shape index (κ1) is 14.5. The SMILES string of the molecule is CCNc1ccc(C(=O)N(C)C(C)CO)cc1C. The molecule has 0 saturated carbocycles. The van der Waals surface area contributed by atoms with Gasteiger partial charge in [0.25, 0.3) is 5.91 Å². The van der Waals surface area contributed by atoms with Gasteiger partial charge in [0.15, 0.2) is 0 Å². The molecule has 0 radical (unpaired) electrons. The summed E-state index contributed by atoms with van der Waals surface area (Å²) in [5, 5.41) is 12.3. The lowest BCUT2D eigenvalue weighted by molar-refractivity contribution is 0.0682. The molecule has 0 spiro atoms. The van der Waals surface area contributed by atoms with E-state index in [-0.39, 0.29) is 18.6 Å². The van der Waals surface area contributed by atoms with Gasteiger partial charge in [-0.3, -0.25) is 4.79 Å². The standard InChI is InChI=1S/C14H22N2O2/c1-5-15-13-7-6-12(8-10(13)2)14(18)16(4)11(3)9-17/h6-8,11,15,17H,5,9H2,1-4H3. The minimum atomic E-state index is -0.175. The molecule has 4 heteroatoms. The molecule has 100 valence electrons. The number of aliphatic hydroxyl groups is 1. The van der Waals surface area contributed by atoms with Gasteiger partial charge in [-0.05, 0) is 44.5 Å². The molecular formula is C14H22N2O2. The lowest BCUT2D eigenvalue weighted by atomic mass is 10.1. The number of amides is 1. The van der Waals surface area contributed by atoms with Crippen LogP contribution in [-0.4, -0.2) is 42.2 Å². The number of carbonyl (C=O) groups excluding carboxylic acids is 1. The van der Waals surface area contributed by atoms with Crippen molar-refractivity contribution in [3.05, 3.63) is 29.3 Å². The van der Waals surface area contributed by atoms with Gasteiger partial charge in [0.05, 0.1) is 12.6 Å². The Bertz CT molecular complexity index is 418. The van der Waals surface area contributed by atoms with E-state index in [1.54, 1.807) is 11.9 Å². The summed E-state index contributed by atoms with van der Waals surface area (Å²) in [6, 6.07) is 5.43. The topological polar surface area (TPSA) is 52.6 Å². The predicted octanol–water partition coefficient (Wildman–Crippen LogP) is 1.88. The highest BCUT2D eigenvalue weighted by Crippen LogP contribution is 2.17. The van der Waals surface area contributed by atoms with Gasteiger partial charge < -0.3 is 15.3 Å². The third kappa shape index (κ3) is 3.23. The molecule has 1 rings (SSSR count). The van der Waals surface area contributed by atoms with Crippen LogP contribution >= 0.6 is 0 Å². The fourth-order valence-corrected chi connectivity index (χ4v) is 1.71. The smallest absolute Gasteiger partial charge is 0.253 e. The van der Waals surface area contributed by atoms with Crippen LogP contribution in [0.25, 0.3) is 0 Å². The van der Waals surface area contributed by atoms with Gasteiger partial charge in [0, 0.05) is 24.8 Å². The van der Waals surface area contributed by atoms with Gasteiger partial charge in [-0.1, -0.05) is 0 Å². The van der Waals surface area contributed by atoms with E-state index in [1.807, 2.05) is 39.0 Å². The quantitative estimate of drug-likeness (QED) is 0.839. The summed E-state index contributed by atoms with van der Waals surface area (Å²) < 4.78 is 0. The van der Waals surface area contributed by atoms with Crippen molar-refractivity contribution in [3.8, 4) is 0 Å². The van der Waals surface area contributed by atoms with E-state index in [0.29, 0.717) is 5.56 Å². The van der Waals surface area contributed by atoms with E-state index < -0.39 is 0 Å². The zero-order valence-electron chi connectivity index (χ0n) is 11.5. The number of benzene rings is 1. The van der Waals surface area contributed by atoms with Crippen LogP contribution in [0.1, 0.15) is 29.8 Å². The summed E-state index contributed by atoms with van der Waals surface area (Å²) in [5.41, 5.74) is 2.75. The Kier molecular flexibility index (Phi) is 5.16. The Balaban J connectivity index is 2.90. The van der Waals surface area contributed by atoms with Gasteiger partial charge in [-0.15, -0.1) is 0 Å². The van der Waals surface area contributed by atoms with Crippen molar-refractivity contribution >= 4 is 11.6 Å². The monoisotopic (exact) mass is 250 g/mol. The number of nitrogens with zero attached hydrogens (tertiary/aromatic N) is 1. The Hall–Kier alpha value is -1.55. The van der Waals surface area contributed by atoms with E-state index >= 15 is 0 Å². The first-order valence-corrected chi connectivity index (χ1v) is 6.23. The van der Waals surface area contributed by atoms with Gasteiger partial charge >= 0.3 is 0 Å². The molecule has 0 aliphatic heterocycles. The molecule has 0 aliphatic carbocycles. The predicted molar refractivity (Wildman–Crippen MR) is 74.0 cm³/mol. The maximum atomic E-state index is 12.2. The third-order valence-corrected chi connectivity index (χ3v) is 3.09. The molecule has 0 aliphatic rings. The molecule has 18 heavy (non-hydrogen) atoms. The highest BCUT2D eigenvalue weighted by atomic mass is 16.3. The highest BCUT2D eigenvalue weighted by Gasteiger charge is 2.17. The lowest BCUT2D eigenvalue weighted by Gasteiger charge is -2.23. The van der Waals surface area contributed by atoms with Gasteiger partial charge in [0.1, 0.15) is 0 Å². The summed E-state index contributed by atoms with van der Waals surface area (Å²) in [6.07, 6.45) is 0. The zero-order valence-corrected chi connectivity index (χ0v) is 11.5. The lowest BCUT2D eigenvalue weighted by Crippen LogP contribution is -2.37. The fourth-order valence-electron chi connectivity index (χ4n) is 1.71. The molecule has 0 saturated heterocycles. The summed E-state index contributed by atoms with van der Waals surface area (Å²) in [6.45, 7) is 6.66. The molecule has 2 N–H and O–H groups in total. The molecule has 4 nitrogen and oxygen atoms in total. The molecule has 1 aromatic carbocycles. The van der Waals surface area contributed by atoms with E-state index in [9.17, 15) is 4.79 Å². The number of rotatable bonds is 5. The number of likely N-dealkylation sites (N-methyl/N-ethyl adjacent to an activating group) is 1. The Morgan fingerprint density at radius 1 is 1.50 bits per heavy atom. The first-order chi connectivity index (χ1) is 8.51. The van der Waals surface area contributed by atoms with Gasteiger partial charge in [0.2, 0.25) is 0 Å². The molecular weight excluding hydrogens is 228 g/mol. The Morgan fingerprint density at radius 3 is 2.67 bits per heavy atom. The number of anilines is 1. The Labute approximate surface area is 109 Å². The minimum Gasteiger partial charge on any atom is -0.394 e. The molecule has 1 amide bonds. The minimum absolute atomic E-state index is 0.0311. The number of nitrogens with one attached hydrogen (secondary N) is 1. The molecule has 1 aromatic rings. The van der Waals surface area contributed by atoms with Gasteiger partial charge in [-0.25, -0.2) is 0 Å². The Morgan fingerprint density at radius 2 is 2.17 bits per heavy atom. The van der Waals surface area contributed by atoms with Crippen LogP contribution in [0.5, 0.6) is 0 Å². The summed E-state index contributed by atoms with van der Waals surface area (Å²) in [7, 11) is 1.71. The van der Waals surface area contributed by atoms with Crippen molar-refractivity contribution in [1.29, 1.82) is 0 Å². The van der Waals surface area contributed by atoms with Crippen LogP contribution in [-0.2, 0) is 0 Å². The van der Waals surface area contributed by atoms with Crippen molar-refractivity contribution in [2.45, 2.75) is 26.8 Å². The maximum Gasteiger partial charge on any atom is 0.253 e. The van der Waals surface area contributed by atoms with Crippen LogP contribution in [0.15, 0.2) is 18.2 Å². The van der Waals surface area contributed by atoms with E-state index in [1.165, 1.54) is 0 Å². The van der Waals surface area contributed by atoms with Crippen molar-refractivity contribution in [1.82, 2.24) is 4.90 Å². The molecule has 0 heterocycles. The van der Waals surface area contributed by atoms with Crippen molar-refractivity contribution < 1.29 is 9.90 Å². The van der Waals surface area contributed by atoms with Crippen molar-refractivity contribution in [2.75, 3.05) is 25.5 Å². The van der Waals surface area contributed by atoms with Crippen LogP contribution in [0, 0.1) is 6.92 Å². The second kappa shape index (κ2) is 6.40. The number of hydrogen-bond donors (Lipinski definition) is 2.